The molecule has 0 aliphatic carbocycles. The van der Waals surface area contributed by atoms with Crippen LogP contribution in [-0.4, -0.2) is 79.0 Å². The summed E-state index contributed by atoms with van der Waals surface area (Å²) < 4.78 is 20.7. The van der Waals surface area contributed by atoms with Crippen LogP contribution >= 0.6 is 23.5 Å². The highest BCUT2D eigenvalue weighted by Gasteiger charge is 2.23. The molecule has 2 saturated heterocycles. The number of benzene rings is 4. The van der Waals surface area contributed by atoms with Gasteiger partial charge in [0.2, 0.25) is 0 Å². The molecule has 2 aliphatic rings. The molecule has 0 spiro atoms. The van der Waals surface area contributed by atoms with Crippen molar-refractivity contribution in [3.8, 4) is 28.4 Å². The summed E-state index contributed by atoms with van der Waals surface area (Å²) in [5.74, 6) is 1.99. The number of nitrogens with zero attached hydrogens (tertiary/aromatic N) is 3. The summed E-state index contributed by atoms with van der Waals surface area (Å²) in [4.78, 5) is 27.0. The first kappa shape index (κ1) is 39.4. The van der Waals surface area contributed by atoms with Crippen molar-refractivity contribution in [2.45, 2.75) is 24.3 Å². The first-order valence-corrected chi connectivity index (χ1v) is 20.6. The molecule has 2 fully saturated rings. The normalized spacial score (nSPS) is 15.0. The number of piperazine rings is 1. The van der Waals surface area contributed by atoms with E-state index in [4.69, 9.17) is 25.8 Å². The number of fused-ring (bicyclic) bond motifs is 1. The van der Waals surface area contributed by atoms with E-state index in [1.807, 2.05) is 85.1 Å². The highest BCUT2D eigenvalue weighted by Crippen LogP contribution is 2.35. The minimum Gasteiger partial charge on any atom is -0.496 e. The van der Waals surface area contributed by atoms with Crippen LogP contribution in [0, 0.1) is 5.92 Å². The van der Waals surface area contributed by atoms with Crippen LogP contribution in [0.25, 0.3) is 22.2 Å². The van der Waals surface area contributed by atoms with Crippen molar-refractivity contribution < 1.29 is 24.2 Å². The van der Waals surface area contributed by atoms with Gasteiger partial charge in [0.1, 0.15) is 22.9 Å². The van der Waals surface area contributed by atoms with Crippen molar-refractivity contribution in [2.75, 3.05) is 68.7 Å². The maximum atomic E-state index is 13.8. The molecule has 0 bridgehead atoms. The minimum absolute atomic E-state index is 0.319. The van der Waals surface area contributed by atoms with Gasteiger partial charge in [0.25, 0.3) is 5.91 Å². The Morgan fingerprint density at radius 1 is 0.966 bits per heavy atom. The Morgan fingerprint density at radius 2 is 1.79 bits per heavy atom. The number of hydrogen-bond acceptors (Lipinski definition) is 11. The fourth-order valence-electron chi connectivity index (χ4n) is 7.49. The number of carbonyl (C=O) groups is 1. The van der Waals surface area contributed by atoms with Crippen molar-refractivity contribution in [1.29, 1.82) is 0 Å². The monoisotopic (exact) mass is 819 g/mol. The van der Waals surface area contributed by atoms with Gasteiger partial charge in [0, 0.05) is 91.3 Å². The fraction of sp³-hybridized carbons (Fsp3) is 0.273. The van der Waals surface area contributed by atoms with E-state index < -0.39 is 0 Å². The lowest BCUT2D eigenvalue weighted by molar-refractivity contribution is 0.0699. The van der Waals surface area contributed by atoms with Crippen LogP contribution in [0.4, 0.5) is 17.1 Å². The predicted molar refractivity (Wildman–Crippen MR) is 231 cm³/mol. The van der Waals surface area contributed by atoms with Crippen LogP contribution in [0.2, 0.25) is 5.02 Å². The molecule has 14 heteroatoms. The van der Waals surface area contributed by atoms with Gasteiger partial charge < -0.3 is 29.4 Å². The summed E-state index contributed by atoms with van der Waals surface area (Å²) in [6.45, 7) is 6.30. The number of pyridine rings is 1. The molecule has 6 aromatic rings. The Morgan fingerprint density at radius 3 is 2.59 bits per heavy atom. The van der Waals surface area contributed by atoms with Crippen LogP contribution in [-0.2, 0) is 11.3 Å². The van der Waals surface area contributed by atoms with Gasteiger partial charge in [0.05, 0.1) is 30.2 Å². The number of rotatable bonds is 14. The zero-order chi connectivity index (χ0) is 39.8. The lowest BCUT2D eigenvalue weighted by Gasteiger charge is -2.36. The molecule has 12 nitrogen and oxygen atoms in total. The number of H-pyrrole nitrogens is 1. The van der Waals surface area contributed by atoms with Gasteiger partial charge in [0.15, 0.2) is 0 Å². The fourth-order valence-corrected chi connectivity index (χ4v) is 8.25. The minimum atomic E-state index is -0.319. The summed E-state index contributed by atoms with van der Waals surface area (Å²) in [5.41, 5.74) is 9.05. The van der Waals surface area contributed by atoms with Crippen molar-refractivity contribution in [3.63, 3.8) is 0 Å². The summed E-state index contributed by atoms with van der Waals surface area (Å²) in [7, 11) is 1.71. The number of aromatic nitrogens is 2. The SMILES string of the molecule is COc1cccc(-c2ccc(Cl)cc2)c1CN1CCN(c2ccc(C(=O)NSc3ccc(NCC4CCOCC4)c(NO)c3)c(Oc3cnc4[nH]ccc4c3)c2)CC1. The summed E-state index contributed by atoms with van der Waals surface area (Å²) in [6.07, 6.45) is 5.50. The zero-order valence-electron chi connectivity index (χ0n) is 32.2. The number of nitrogens with one attached hydrogen (secondary N) is 4. The molecule has 0 saturated carbocycles. The second-order valence-corrected chi connectivity index (χ2v) is 15.7. The van der Waals surface area contributed by atoms with Gasteiger partial charge in [-0.15, -0.1) is 0 Å². The number of amides is 1. The van der Waals surface area contributed by atoms with Gasteiger partial charge in [-0.2, -0.15) is 0 Å². The van der Waals surface area contributed by atoms with Crippen molar-refractivity contribution >= 4 is 57.6 Å². The topological polar surface area (TPSA) is 136 Å². The maximum absolute atomic E-state index is 13.8. The van der Waals surface area contributed by atoms with Crippen LogP contribution in [0.15, 0.2) is 108 Å². The number of aromatic amines is 1. The molecule has 58 heavy (non-hydrogen) atoms. The van der Waals surface area contributed by atoms with Gasteiger partial charge in [-0.3, -0.25) is 25.1 Å². The Labute approximate surface area is 346 Å². The van der Waals surface area contributed by atoms with Crippen molar-refractivity contribution in [2.24, 2.45) is 5.92 Å². The quantitative estimate of drug-likeness (QED) is 0.0532. The second-order valence-electron chi connectivity index (χ2n) is 14.4. The lowest BCUT2D eigenvalue weighted by atomic mass is 9.98. The molecule has 0 radical (unpaired) electrons. The molecule has 1 amide bonds. The highest BCUT2D eigenvalue weighted by atomic mass is 35.5. The third kappa shape index (κ3) is 9.30. The van der Waals surface area contributed by atoms with Crippen LogP contribution < -0.4 is 29.9 Å². The lowest BCUT2D eigenvalue weighted by Crippen LogP contribution is -2.46. The van der Waals surface area contributed by atoms with E-state index in [-0.39, 0.29) is 5.91 Å². The van der Waals surface area contributed by atoms with E-state index >= 15 is 0 Å². The van der Waals surface area contributed by atoms with Crippen LogP contribution in [0.3, 0.4) is 0 Å². The third-order valence-electron chi connectivity index (χ3n) is 10.7. The molecule has 0 unspecified atom stereocenters. The Kier molecular flexibility index (Phi) is 12.5. The first-order chi connectivity index (χ1) is 28.4. The Bertz CT molecular complexity index is 2350. The number of halogens is 1. The molecular weight excluding hydrogens is 774 g/mol. The van der Waals surface area contributed by atoms with E-state index in [0.717, 1.165) is 127 Å². The van der Waals surface area contributed by atoms with E-state index in [9.17, 15) is 10.0 Å². The highest BCUT2D eigenvalue weighted by molar-refractivity contribution is 7.98. The zero-order valence-corrected chi connectivity index (χ0v) is 33.7. The van der Waals surface area contributed by atoms with Crippen LogP contribution in [0.5, 0.6) is 17.2 Å². The number of carbonyl (C=O) groups excluding carboxylic acids is 1. The van der Waals surface area contributed by atoms with E-state index in [0.29, 0.717) is 33.7 Å². The molecule has 4 heterocycles. The van der Waals surface area contributed by atoms with E-state index in [1.54, 1.807) is 19.4 Å². The number of anilines is 3. The average molecular weight is 820 g/mol. The second kappa shape index (κ2) is 18.4. The molecule has 300 valence electrons. The van der Waals surface area contributed by atoms with Gasteiger partial charge in [-0.1, -0.05) is 35.9 Å². The number of methoxy groups -OCH3 is 1. The van der Waals surface area contributed by atoms with Gasteiger partial charge >= 0.3 is 0 Å². The largest absolute Gasteiger partial charge is 0.496 e. The van der Waals surface area contributed by atoms with Crippen LogP contribution in [0.1, 0.15) is 28.8 Å². The smallest absolute Gasteiger partial charge is 0.265 e. The maximum Gasteiger partial charge on any atom is 0.265 e. The number of ether oxygens (including phenoxy) is 3. The molecule has 5 N–H and O–H groups in total. The summed E-state index contributed by atoms with van der Waals surface area (Å²) in [6, 6.07) is 29.2. The Balaban J connectivity index is 0.967. The molecule has 8 rings (SSSR count). The van der Waals surface area contributed by atoms with Gasteiger partial charge in [-0.25, -0.2) is 4.98 Å². The van der Waals surface area contributed by atoms with E-state index in [1.165, 1.54) is 0 Å². The van der Waals surface area contributed by atoms with E-state index in [2.05, 4.69) is 41.4 Å². The van der Waals surface area contributed by atoms with Crippen molar-refractivity contribution in [1.82, 2.24) is 19.6 Å². The standard InChI is InChI=1S/C44H46ClN7O5S/c1-55-41-4-2-3-36(30-5-7-32(45)8-6-30)38(41)28-51-17-19-52(20-18-51)33-9-11-37(42(24-33)57-34-23-31-13-16-46-43(31)48-27-34)44(53)50-58-35-10-12-39(40(25-35)49-54)47-26-29-14-21-56-22-15-29/h2-13,16,23-25,27,29,47,49,54H,14-15,17-22,26,28H2,1H3,(H,46,48)(H,50,53). The Hall–Kier alpha value is -5.44. The predicted octanol–water partition coefficient (Wildman–Crippen LogP) is 9.08. The molecule has 2 aliphatic heterocycles. The number of hydrogen-bond donors (Lipinski definition) is 5. The molecular formula is C44H46ClN7O5S. The third-order valence-corrected chi connectivity index (χ3v) is 11.8. The molecule has 0 atom stereocenters. The molecule has 2 aromatic heterocycles. The average Bonchev–Trinajstić information content (AvgIpc) is 3.74. The van der Waals surface area contributed by atoms with Crippen molar-refractivity contribution in [3.05, 3.63) is 120 Å². The summed E-state index contributed by atoms with van der Waals surface area (Å²) >= 11 is 7.37. The molecule has 4 aromatic carbocycles. The van der Waals surface area contributed by atoms with Gasteiger partial charge in [-0.05, 0) is 102 Å². The first-order valence-electron chi connectivity index (χ1n) is 19.4. The summed E-state index contributed by atoms with van der Waals surface area (Å²) in [5, 5.41) is 15.0.